The third-order valence-corrected chi connectivity index (χ3v) is 11.9. The van der Waals surface area contributed by atoms with Gasteiger partial charge in [0, 0.05) is 55.7 Å². The maximum atomic E-state index is 9.51. The molecule has 3 N–H and O–H groups in total. The summed E-state index contributed by atoms with van der Waals surface area (Å²) < 4.78 is 2.38. The van der Waals surface area contributed by atoms with Crippen LogP contribution in [-0.4, -0.2) is 22.0 Å². The molecule has 1 aliphatic heterocycles. The van der Waals surface area contributed by atoms with Crippen molar-refractivity contribution in [2.75, 3.05) is 0 Å². The standard InChI is InChI=1S/C57H39N5/c58-49(38-16-4-1-5-17-38)35-50(43-32-47-45-24-12-14-26-52(45)62-53-27-15-13-25-46(53)48(33-43)57(47)62)60-36-37-28-30-39(31-29-37)51-34-42-22-10-11-23-44(42)56(61-51)54(40-18-6-2-7-19-40)55(59)41-20-8-3-9-21-41/h1-36,58-59,61H/b50-35-,56-54-,58-49?,59-55?,60-36?. The molecule has 0 saturated carbocycles. The van der Waals surface area contributed by atoms with Crippen LogP contribution in [0.15, 0.2) is 211 Å². The largest absolute Gasteiger partial charge is 0.354 e. The van der Waals surface area contributed by atoms with Gasteiger partial charge in [-0.3, -0.25) is 10.4 Å². The first kappa shape index (κ1) is 36.7. The van der Waals surface area contributed by atoms with Gasteiger partial charge in [0.15, 0.2) is 0 Å². The summed E-state index contributed by atoms with van der Waals surface area (Å²) in [6.07, 6.45) is 5.96. The zero-order valence-corrected chi connectivity index (χ0v) is 33.7. The van der Waals surface area contributed by atoms with E-state index in [1.807, 2.05) is 91.2 Å². The summed E-state index contributed by atoms with van der Waals surface area (Å²) in [4.78, 5) is 5.17. The van der Waals surface area contributed by atoms with Gasteiger partial charge in [-0.2, -0.15) is 0 Å². The van der Waals surface area contributed by atoms with Crippen LogP contribution in [0.1, 0.15) is 44.5 Å². The summed E-state index contributed by atoms with van der Waals surface area (Å²) in [6.45, 7) is 0. The summed E-state index contributed by atoms with van der Waals surface area (Å²) >= 11 is 0. The Morgan fingerprint density at radius 3 is 1.71 bits per heavy atom. The van der Waals surface area contributed by atoms with E-state index in [1.165, 1.54) is 38.1 Å². The Morgan fingerprint density at radius 2 is 1.06 bits per heavy atom. The van der Waals surface area contributed by atoms with Crippen LogP contribution in [-0.2, 0) is 0 Å². The number of nitrogens with one attached hydrogen (secondary N) is 3. The number of rotatable bonds is 9. The highest BCUT2D eigenvalue weighted by Gasteiger charge is 2.24. The number of aromatic nitrogens is 1. The highest BCUT2D eigenvalue weighted by atomic mass is 14.9. The van der Waals surface area contributed by atoms with Gasteiger partial charge in [-0.15, -0.1) is 0 Å². The van der Waals surface area contributed by atoms with Gasteiger partial charge in [-0.05, 0) is 64.2 Å². The molecule has 0 amide bonds. The number of fused-ring (bicyclic) bond motifs is 7. The van der Waals surface area contributed by atoms with Crippen molar-refractivity contribution in [3.05, 3.63) is 251 Å². The van der Waals surface area contributed by atoms with Gasteiger partial charge in [-0.1, -0.05) is 176 Å². The van der Waals surface area contributed by atoms with Crippen LogP contribution >= 0.6 is 0 Å². The van der Waals surface area contributed by atoms with Crippen LogP contribution in [0.4, 0.5) is 0 Å². The fraction of sp³-hybridized carbons (Fsp3) is 0. The van der Waals surface area contributed by atoms with Gasteiger partial charge >= 0.3 is 0 Å². The average molecular weight is 794 g/mol. The zero-order chi connectivity index (χ0) is 41.6. The number of hydrogen-bond donors (Lipinski definition) is 3. The molecule has 11 rings (SSSR count). The van der Waals surface area contributed by atoms with Crippen molar-refractivity contribution in [3.63, 3.8) is 0 Å². The molecule has 2 aromatic heterocycles. The van der Waals surface area contributed by atoms with Crippen LogP contribution in [0, 0.1) is 10.8 Å². The Kier molecular flexibility index (Phi) is 9.06. The number of hydrogen-bond acceptors (Lipinski definition) is 4. The van der Waals surface area contributed by atoms with Gasteiger partial charge in [0.05, 0.1) is 39.4 Å². The predicted octanol–water partition coefficient (Wildman–Crippen LogP) is 13.4. The van der Waals surface area contributed by atoms with E-state index in [9.17, 15) is 5.41 Å². The quantitative estimate of drug-likeness (QED) is 0.125. The van der Waals surface area contributed by atoms with Crippen molar-refractivity contribution in [2.24, 2.45) is 4.99 Å². The lowest BCUT2D eigenvalue weighted by molar-refractivity contribution is 1.22. The first-order chi connectivity index (χ1) is 30.6. The van der Waals surface area contributed by atoms with E-state index >= 15 is 0 Å². The molecule has 5 nitrogen and oxygen atoms in total. The number of aliphatic imine (C=N–C) groups is 1. The van der Waals surface area contributed by atoms with Gasteiger partial charge in [0.25, 0.3) is 0 Å². The number of benzene rings is 8. The molecule has 0 unspecified atom stereocenters. The summed E-state index contributed by atoms with van der Waals surface area (Å²) in [5, 5.41) is 27.2. The van der Waals surface area contributed by atoms with Crippen molar-refractivity contribution in [2.45, 2.75) is 0 Å². The van der Waals surface area contributed by atoms with E-state index in [4.69, 9.17) is 10.4 Å². The second kappa shape index (κ2) is 15.3. The second-order valence-corrected chi connectivity index (χ2v) is 15.6. The van der Waals surface area contributed by atoms with E-state index in [1.54, 1.807) is 0 Å². The molecule has 0 radical (unpaired) electrons. The topological polar surface area (TPSA) is 76.5 Å². The van der Waals surface area contributed by atoms with E-state index in [0.717, 1.165) is 61.5 Å². The Labute approximate surface area is 359 Å². The molecule has 62 heavy (non-hydrogen) atoms. The molecule has 8 aromatic carbocycles. The summed E-state index contributed by atoms with van der Waals surface area (Å²) in [6, 6.07) is 68.4. The van der Waals surface area contributed by atoms with Crippen molar-refractivity contribution in [1.82, 2.24) is 9.72 Å². The molecule has 0 atom stereocenters. The van der Waals surface area contributed by atoms with Crippen molar-refractivity contribution >= 4 is 84.5 Å². The zero-order valence-electron chi connectivity index (χ0n) is 33.7. The SMILES string of the molecule is N=C(/C=C(\N=Cc1ccc(C2=Cc3ccccc3/C(=C(/C(=N)c3ccccc3)c3ccccc3)N2)cc1)c1cc2c3ccccc3n3c4ccccc4c(c1)c23)c1ccccc1. The molecule has 0 saturated heterocycles. The van der Waals surface area contributed by atoms with Crippen molar-refractivity contribution in [3.8, 4) is 0 Å². The average Bonchev–Trinajstić information content (AvgIpc) is 3.86. The maximum absolute atomic E-state index is 9.51. The molecule has 1 aliphatic rings. The van der Waals surface area contributed by atoms with E-state index in [0.29, 0.717) is 17.1 Å². The van der Waals surface area contributed by atoms with Gasteiger partial charge in [0.1, 0.15) is 0 Å². The van der Waals surface area contributed by atoms with Crippen molar-refractivity contribution in [1.29, 1.82) is 10.8 Å². The first-order valence-electron chi connectivity index (χ1n) is 20.8. The van der Waals surface area contributed by atoms with Crippen LogP contribution in [0.25, 0.3) is 66.8 Å². The smallest absolute Gasteiger partial charge is 0.0724 e. The minimum absolute atomic E-state index is 0.391. The van der Waals surface area contributed by atoms with Crippen LogP contribution in [0.5, 0.6) is 0 Å². The molecule has 0 fully saturated rings. The Morgan fingerprint density at radius 1 is 0.516 bits per heavy atom. The Hall–Kier alpha value is -8.41. The fourth-order valence-electron chi connectivity index (χ4n) is 8.89. The molecule has 5 heteroatoms. The number of para-hydroxylation sites is 2. The van der Waals surface area contributed by atoms with Gasteiger partial charge in [-0.25, -0.2) is 0 Å². The summed E-state index contributed by atoms with van der Waals surface area (Å²) in [7, 11) is 0. The Balaban J connectivity index is 0.991. The highest BCUT2D eigenvalue weighted by Crippen LogP contribution is 2.41. The predicted molar refractivity (Wildman–Crippen MR) is 260 cm³/mol. The van der Waals surface area contributed by atoms with Crippen LogP contribution in [0.2, 0.25) is 0 Å². The van der Waals surface area contributed by atoms with Crippen LogP contribution < -0.4 is 5.32 Å². The summed E-state index contributed by atoms with van der Waals surface area (Å²) in [5.74, 6) is 0. The van der Waals surface area contributed by atoms with Crippen LogP contribution in [0.3, 0.4) is 0 Å². The molecule has 292 valence electrons. The minimum atomic E-state index is 0.391. The Bertz CT molecular complexity index is 3400. The van der Waals surface area contributed by atoms with Crippen molar-refractivity contribution < 1.29 is 0 Å². The molecule has 0 bridgehead atoms. The van der Waals surface area contributed by atoms with Gasteiger partial charge in [0.2, 0.25) is 0 Å². The fourth-order valence-corrected chi connectivity index (χ4v) is 8.89. The molecular formula is C57H39N5. The minimum Gasteiger partial charge on any atom is -0.354 e. The van der Waals surface area contributed by atoms with E-state index in [2.05, 4.69) is 137 Å². The maximum Gasteiger partial charge on any atom is 0.0724 e. The van der Waals surface area contributed by atoms with E-state index in [-0.39, 0.29) is 0 Å². The number of allylic oxidation sites excluding steroid dienone is 2. The summed E-state index contributed by atoms with van der Waals surface area (Å²) in [5.41, 5.74) is 15.5. The lowest BCUT2D eigenvalue weighted by Crippen LogP contribution is -2.20. The first-order valence-corrected chi connectivity index (χ1v) is 20.8. The molecule has 10 aromatic rings. The third kappa shape index (κ3) is 6.40. The third-order valence-electron chi connectivity index (χ3n) is 11.9. The monoisotopic (exact) mass is 793 g/mol. The lowest BCUT2D eigenvalue weighted by Gasteiger charge is -2.26. The molecule has 0 spiro atoms. The second-order valence-electron chi connectivity index (χ2n) is 15.6. The normalized spacial score (nSPS) is 13.7. The molecule has 3 heterocycles. The lowest BCUT2D eigenvalue weighted by atomic mass is 9.88. The van der Waals surface area contributed by atoms with E-state index < -0.39 is 0 Å². The highest BCUT2D eigenvalue weighted by molar-refractivity contribution is 6.36. The van der Waals surface area contributed by atoms with Gasteiger partial charge < -0.3 is 15.1 Å². The molecular weight excluding hydrogens is 755 g/mol. The number of nitrogens with zero attached hydrogens (tertiary/aromatic N) is 2. The molecule has 0 aliphatic carbocycles.